The first-order chi connectivity index (χ1) is 11.0. The lowest BCUT2D eigenvalue weighted by atomic mass is 10.0. The fourth-order valence-electron chi connectivity index (χ4n) is 2.51. The van der Waals surface area contributed by atoms with Crippen LogP contribution in [0.25, 0.3) is 10.9 Å². The minimum Gasteiger partial charge on any atom is -0.478 e. The number of carboxylic acids is 1. The number of hydrogen-bond donors (Lipinski definition) is 4. The van der Waals surface area contributed by atoms with E-state index < -0.39 is 23.8 Å². The van der Waals surface area contributed by atoms with Gasteiger partial charge < -0.3 is 15.4 Å². The standard InChI is InChI=1S/C15H13N3O5/c19-12-4-3-10(14(21)18-12)17-13(20)9-6-16-11-5-7(15(22)23)1-2-8(9)11/h1-2,5-6,10,16H,3-4H2,(H,17,20)(H,22,23)(H,18,19,21)/t10-/m0/s1. The highest BCUT2D eigenvalue weighted by molar-refractivity contribution is 6.10. The van der Waals surface area contributed by atoms with Crippen LogP contribution < -0.4 is 10.6 Å². The zero-order valence-corrected chi connectivity index (χ0v) is 11.9. The highest BCUT2D eigenvalue weighted by Crippen LogP contribution is 2.20. The maximum absolute atomic E-state index is 12.3. The van der Waals surface area contributed by atoms with E-state index in [0.29, 0.717) is 16.5 Å². The molecule has 2 aromatic rings. The van der Waals surface area contributed by atoms with Crippen LogP contribution in [0.4, 0.5) is 0 Å². The van der Waals surface area contributed by atoms with Gasteiger partial charge in [0.15, 0.2) is 0 Å². The van der Waals surface area contributed by atoms with E-state index in [2.05, 4.69) is 15.6 Å². The number of H-pyrrole nitrogens is 1. The molecule has 8 nitrogen and oxygen atoms in total. The molecule has 1 saturated heterocycles. The number of aromatic carboxylic acids is 1. The highest BCUT2D eigenvalue weighted by atomic mass is 16.4. The smallest absolute Gasteiger partial charge is 0.335 e. The summed E-state index contributed by atoms with van der Waals surface area (Å²) in [5.74, 6) is -2.40. The summed E-state index contributed by atoms with van der Waals surface area (Å²) in [5.41, 5.74) is 0.927. The zero-order chi connectivity index (χ0) is 16.6. The highest BCUT2D eigenvalue weighted by Gasteiger charge is 2.28. The number of nitrogens with one attached hydrogen (secondary N) is 3. The predicted molar refractivity (Wildman–Crippen MR) is 78.9 cm³/mol. The Bertz CT molecular complexity index is 839. The van der Waals surface area contributed by atoms with Crippen LogP contribution in [0.1, 0.15) is 33.6 Å². The zero-order valence-electron chi connectivity index (χ0n) is 11.9. The number of carbonyl (C=O) groups is 4. The summed E-state index contributed by atoms with van der Waals surface area (Å²) in [4.78, 5) is 48.9. The number of imide groups is 1. The minimum absolute atomic E-state index is 0.108. The summed E-state index contributed by atoms with van der Waals surface area (Å²) in [6.07, 6.45) is 1.88. The maximum atomic E-state index is 12.3. The monoisotopic (exact) mass is 315 g/mol. The maximum Gasteiger partial charge on any atom is 0.335 e. The van der Waals surface area contributed by atoms with Crippen LogP contribution in [0.2, 0.25) is 0 Å². The van der Waals surface area contributed by atoms with Crippen molar-refractivity contribution in [1.29, 1.82) is 0 Å². The number of fused-ring (bicyclic) bond motifs is 1. The Morgan fingerprint density at radius 1 is 1.26 bits per heavy atom. The Morgan fingerprint density at radius 2 is 2.04 bits per heavy atom. The van der Waals surface area contributed by atoms with Gasteiger partial charge in [0.25, 0.3) is 5.91 Å². The molecule has 3 rings (SSSR count). The number of rotatable bonds is 3. The number of piperidine rings is 1. The molecule has 1 atom stereocenters. The normalized spacial score (nSPS) is 17.8. The molecule has 2 heterocycles. The van der Waals surface area contributed by atoms with Gasteiger partial charge in [0.05, 0.1) is 11.1 Å². The molecule has 1 aliphatic rings. The molecule has 23 heavy (non-hydrogen) atoms. The van der Waals surface area contributed by atoms with Crippen LogP contribution in [0.3, 0.4) is 0 Å². The first kappa shape index (κ1) is 14.8. The number of hydrogen-bond acceptors (Lipinski definition) is 4. The third-order valence-corrected chi connectivity index (χ3v) is 3.72. The number of amides is 3. The molecule has 118 valence electrons. The second kappa shape index (κ2) is 5.56. The van der Waals surface area contributed by atoms with Crippen molar-refractivity contribution in [1.82, 2.24) is 15.6 Å². The summed E-state index contributed by atoms with van der Waals surface area (Å²) >= 11 is 0. The summed E-state index contributed by atoms with van der Waals surface area (Å²) in [6, 6.07) is 3.61. The molecule has 0 unspecified atom stereocenters. The molecule has 0 spiro atoms. The van der Waals surface area contributed by atoms with Gasteiger partial charge >= 0.3 is 5.97 Å². The van der Waals surface area contributed by atoms with E-state index >= 15 is 0 Å². The van der Waals surface area contributed by atoms with Gasteiger partial charge in [0.2, 0.25) is 11.8 Å². The molecule has 4 N–H and O–H groups in total. The lowest BCUT2D eigenvalue weighted by molar-refractivity contribution is -0.134. The summed E-state index contributed by atoms with van der Waals surface area (Å²) in [5, 5.41) is 14.3. The molecule has 0 saturated carbocycles. The van der Waals surface area contributed by atoms with Crippen molar-refractivity contribution >= 4 is 34.6 Å². The molecule has 1 aromatic carbocycles. The number of aromatic nitrogens is 1. The van der Waals surface area contributed by atoms with Crippen LogP contribution in [0.5, 0.6) is 0 Å². The van der Waals surface area contributed by atoms with Gasteiger partial charge in [-0.05, 0) is 18.6 Å². The number of aromatic amines is 1. The Labute approximate surface area is 129 Å². The fourth-order valence-corrected chi connectivity index (χ4v) is 2.51. The second-order valence-electron chi connectivity index (χ2n) is 5.25. The van der Waals surface area contributed by atoms with Crippen molar-refractivity contribution < 1.29 is 24.3 Å². The number of carboxylic acid groups (broad SMARTS) is 1. The van der Waals surface area contributed by atoms with Crippen molar-refractivity contribution in [2.24, 2.45) is 0 Å². The van der Waals surface area contributed by atoms with Crippen LogP contribution in [0.15, 0.2) is 24.4 Å². The summed E-state index contributed by atoms with van der Waals surface area (Å²) in [7, 11) is 0. The molecular formula is C15H13N3O5. The van der Waals surface area contributed by atoms with Crippen molar-refractivity contribution in [2.75, 3.05) is 0 Å². The largest absolute Gasteiger partial charge is 0.478 e. The van der Waals surface area contributed by atoms with E-state index in [1.54, 1.807) is 0 Å². The molecule has 1 aliphatic heterocycles. The van der Waals surface area contributed by atoms with Gasteiger partial charge in [-0.15, -0.1) is 0 Å². The lowest BCUT2D eigenvalue weighted by Crippen LogP contribution is -2.52. The number of carbonyl (C=O) groups excluding carboxylic acids is 3. The third kappa shape index (κ3) is 2.78. The molecule has 1 fully saturated rings. The van der Waals surface area contributed by atoms with Gasteiger partial charge in [-0.1, -0.05) is 6.07 Å². The van der Waals surface area contributed by atoms with Crippen LogP contribution in [-0.2, 0) is 9.59 Å². The molecular weight excluding hydrogens is 302 g/mol. The Kier molecular flexibility index (Phi) is 3.57. The molecule has 1 aromatic heterocycles. The summed E-state index contributed by atoms with van der Waals surface area (Å²) < 4.78 is 0. The molecule has 0 aliphatic carbocycles. The van der Waals surface area contributed by atoms with E-state index in [-0.39, 0.29) is 24.3 Å². The average Bonchev–Trinajstić information content (AvgIpc) is 2.93. The Morgan fingerprint density at radius 3 is 2.74 bits per heavy atom. The van der Waals surface area contributed by atoms with Crippen molar-refractivity contribution in [3.8, 4) is 0 Å². The van der Waals surface area contributed by atoms with E-state index in [4.69, 9.17) is 5.11 Å². The second-order valence-corrected chi connectivity index (χ2v) is 5.25. The molecule has 8 heteroatoms. The van der Waals surface area contributed by atoms with Crippen LogP contribution >= 0.6 is 0 Å². The average molecular weight is 315 g/mol. The van der Waals surface area contributed by atoms with Crippen molar-refractivity contribution in [3.05, 3.63) is 35.5 Å². The summed E-state index contributed by atoms with van der Waals surface area (Å²) in [6.45, 7) is 0. The van der Waals surface area contributed by atoms with Gasteiger partial charge in [-0.2, -0.15) is 0 Å². The quantitative estimate of drug-likeness (QED) is 0.609. The van der Waals surface area contributed by atoms with Crippen LogP contribution in [0, 0.1) is 0 Å². The van der Waals surface area contributed by atoms with Crippen LogP contribution in [-0.4, -0.2) is 39.8 Å². The Balaban J connectivity index is 1.82. The van der Waals surface area contributed by atoms with E-state index in [1.165, 1.54) is 24.4 Å². The molecule has 0 radical (unpaired) electrons. The van der Waals surface area contributed by atoms with E-state index in [0.717, 1.165) is 0 Å². The SMILES string of the molecule is O=C1CC[C@H](NC(=O)c2c[nH]c3cc(C(=O)O)ccc23)C(=O)N1. The minimum atomic E-state index is -1.06. The fraction of sp³-hybridized carbons (Fsp3) is 0.200. The molecule has 3 amide bonds. The first-order valence-corrected chi connectivity index (χ1v) is 6.94. The molecule has 0 bridgehead atoms. The van der Waals surface area contributed by atoms with Crippen molar-refractivity contribution in [3.63, 3.8) is 0 Å². The van der Waals surface area contributed by atoms with Gasteiger partial charge in [0, 0.05) is 23.5 Å². The first-order valence-electron chi connectivity index (χ1n) is 6.94. The number of benzene rings is 1. The third-order valence-electron chi connectivity index (χ3n) is 3.72. The van der Waals surface area contributed by atoms with Gasteiger partial charge in [-0.3, -0.25) is 19.7 Å². The Hall–Kier alpha value is -3.16. The topological polar surface area (TPSA) is 128 Å². The van der Waals surface area contributed by atoms with E-state index in [1.807, 2.05) is 0 Å². The van der Waals surface area contributed by atoms with Gasteiger partial charge in [0.1, 0.15) is 6.04 Å². The lowest BCUT2D eigenvalue weighted by Gasteiger charge is -2.21. The predicted octanol–water partition coefficient (Wildman–Crippen LogP) is 0.401. The van der Waals surface area contributed by atoms with Gasteiger partial charge in [-0.25, -0.2) is 4.79 Å². The van der Waals surface area contributed by atoms with E-state index in [9.17, 15) is 19.2 Å². The van der Waals surface area contributed by atoms with Crippen molar-refractivity contribution in [2.45, 2.75) is 18.9 Å².